The number of nitrogens with one attached hydrogen (secondary N) is 1. The second-order valence-corrected chi connectivity index (χ2v) is 2.79. The number of rotatable bonds is 2. The molecule has 0 saturated carbocycles. The molecule has 0 aliphatic carbocycles. The minimum atomic E-state index is 0.458. The van der Waals surface area contributed by atoms with Gasteiger partial charge in [-0.1, -0.05) is 35.9 Å². The summed E-state index contributed by atoms with van der Waals surface area (Å²) in [5, 5.41) is 2.65. The van der Waals surface area contributed by atoms with E-state index >= 15 is 0 Å². The molecule has 0 unspecified atom stereocenters. The van der Waals surface area contributed by atoms with Crippen LogP contribution in [0.2, 0.25) is 0 Å². The van der Waals surface area contributed by atoms with Crippen LogP contribution >= 0.6 is 0 Å². The van der Waals surface area contributed by atoms with Crippen molar-refractivity contribution in [3.8, 4) is 0 Å². The molecule has 3 heteroatoms. The van der Waals surface area contributed by atoms with Crippen LogP contribution in [0.1, 0.15) is 5.56 Å². The number of hydrogen-bond acceptors (Lipinski definition) is 3. The van der Waals surface area contributed by atoms with Crippen molar-refractivity contribution in [1.29, 1.82) is 0 Å². The molecule has 0 aliphatic rings. The number of likely N-dealkylation sites (N-methyl/N-ethyl adjacent to an activating group) is 1. The number of hydrogen-bond donors (Lipinski definition) is 1. The van der Waals surface area contributed by atoms with Gasteiger partial charge in [0.05, 0.1) is 6.54 Å². The lowest BCUT2D eigenvalue weighted by Crippen LogP contribution is -2.07. The maximum Gasteiger partial charge on any atom is 0.133 e. The predicted octanol–water partition coefficient (Wildman–Crippen LogP) is 1.66. The Labute approximate surface area is 92.5 Å². The molecule has 0 spiro atoms. The Bertz CT molecular complexity index is 212. The molecule has 1 N–H and O–H groups in total. The van der Waals surface area contributed by atoms with Crippen molar-refractivity contribution in [2.24, 2.45) is 0 Å². The Hall–Kier alpha value is -1.19. The number of methoxy groups -OCH3 is 1. The lowest BCUT2D eigenvalue weighted by Gasteiger charge is -1.82. The van der Waals surface area contributed by atoms with E-state index < -0.39 is 0 Å². The van der Waals surface area contributed by atoms with Crippen molar-refractivity contribution in [3.05, 3.63) is 35.9 Å². The first-order valence-electron chi connectivity index (χ1n) is 4.72. The summed E-state index contributed by atoms with van der Waals surface area (Å²) in [4.78, 5) is 9.34. The van der Waals surface area contributed by atoms with Gasteiger partial charge in [-0.2, -0.15) is 0 Å². The molecule has 1 rings (SSSR count). The number of carbonyl (C=O) groups is 1. The zero-order valence-electron chi connectivity index (χ0n) is 9.99. The van der Waals surface area contributed by atoms with Gasteiger partial charge in [0.15, 0.2) is 0 Å². The van der Waals surface area contributed by atoms with Gasteiger partial charge in [0.1, 0.15) is 6.29 Å². The van der Waals surface area contributed by atoms with Crippen molar-refractivity contribution in [2.45, 2.75) is 6.92 Å². The fraction of sp³-hybridized carbons (Fsp3) is 0.417. The van der Waals surface area contributed by atoms with Crippen LogP contribution in [0.5, 0.6) is 0 Å². The Balaban J connectivity index is 0. The van der Waals surface area contributed by atoms with E-state index in [0.717, 1.165) is 6.29 Å². The molecule has 15 heavy (non-hydrogen) atoms. The molecule has 1 aromatic rings. The number of carbonyl (C=O) groups excluding carboxylic acids is 1. The summed E-state index contributed by atoms with van der Waals surface area (Å²) in [5.74, 6) is 0. The number of ether oxygens (including phenoxy) is 1. The van der Waals surface area contributed by atoms with Crippen molar-refractivity contribution in [2.75, 3.05) is 27.8 Å². The summed E-state index contributed by atoms with van der Waals surface area (Å²) >= 11 is 0. The van der Waals surface area contributed by atoms with Crippen LogP contribution in [-0.4, -0.2) is 34.1 Å². The van der Waals surface area contributed by atoms with Gasteiger partial charge in [0, 0.05) is 14.2 Å². The van der Waals surface area contributed by atoms with Crippen molar-refractivity contribution >= 4 is 6.29 Å². The molecule has 0 heterocycles. The van der Waals surface area contributed by atoms with Crippen LogP contribution in [0.3, 0.4) is 0 Å². The van der Waals surface area contributed by atoms with Crippen molar-refractivity contribution < 1.29 is 9.53 Å². The van der Waals surface area contributed by atoms with Gasteiger partial charge in [0.25, 0.3) is 0 Å². The average Bonchev–Trinajstić information content (AvgIpc) is 2.22. The van der Waals surface area contributed by atoms with Crippen LogP contribution in [0.4, 0.5) is 0 Å². The first-order valence-corrected chi connectivity index (χ1v) is 4.72. The van der Waals surface area contributed by atoms with Gasteiger partial charge in [-0.15, -0.1) is 0 Å². The summed E-state index contributed by atoms with van der Waals surface area (Å²) in [6, 6.07) is 10.3. The highest BCUT2D eigenvalue weighted by atomic mass is 16.4. The smallest absolute Gasteiger partial charge is 0.133 e. The molecular weight excluding hydrogens is 190 g/mol. The normalized spacial score (nSPS) is 7.73. The second kappa shape index (κ2) is 15.3. The molecule has 0 aliphatic heterocycles. The second-order valence-electron chi connectivity index (χ2n) is 2.79. The topological polar surface area (TPSA) is 38.3 Å². The molecule has 0 aromatic heterocycles. The summed E-state index contributed by atoms with van der Waals surface area (Å²) in [6.07, 6.45) is 0.819. The summed E-state index contributed by atoms with van der Waals surface area (Å²) in [5.41, 5.74) is 1.32. The van der Waals surface area contributed by atoms with Crippen LogP contribution in [-0.2, 0) is 9.53 Å². The van der Waals surface area contributed by atoms with Crippen molar-refractivity contribution in [1.82, 2.24) is 5.32 Å². The van der Waals surface area contributed by atoms with Crippen LogP contribution in [0.15, 0.2) is 30.3 Å². The molecule has 86 valence electrons. The van der Waals surface area contributed by atoms with E-state index in [4.69, 9.17) is 0 Å². The molecule has 0 saturated heterocycles. The molecule has 0 bridgehead atoms. The van der Waals surface area contributed by atoms with Gasteiger partial charge >= 0.3 is 0 Å². The lowest BCUT2D eigenvalue weighted by atomic mass is 10.2. The summed E-state index contributed by atoms with van der Waals surface area (Å²) < 4.78 is 4.25. The monoisotopic (exact) mass is 211 g/mol. The third-order valence-electron chi connectivity index (χ3n) is 1.23. The van der Waals surface area contributed by atoms with Gasteiger partial charge in [0.2, 0.25) is 0 Å². The highest BCUT2D eigenvalue weighted by molar-refractivity contribution is 5.51. The van der Waals surface area contributed by atoms with Gasteiger partial charge in [-0.05, 0) is 14.0 Å². The van der Waals surface area contributed by atoms with Gasteiger partial charge in [-0.3, -0.25) is 0 Å². The molecule has 0 amide bonds. The molecule has 1 aromatic carbocycles. The highest BCUT2D eigenvalue weighted by Gasteiger charge is 1.72. The Morgan fingerprint density at radius 3 is 1.87 bits per heavy atom. The lowest BCUT2D eigenvalue weighted by molar-refractivity contribution is -0.107. The van der Waals surface area contributed by atoms with Crippen LogP contribution < -0.4 is 5.32 Å². The molecule has 3 nitrogen and oxygen atoms in total. The largest absolute Gasteiger partial charge is 0.388 e. The minimum absolute atomic E-state index is 0.458. The fourth-order valence-corrected chi connectivity index (χ4v) is 0.618. The Kier molecular flexibility index (Phi) is 16.6. The van der Waals surface area contributed by atoms with E-state index in [2.05, 4.69) is 29.1 Å². The van der Waals surface area contributed by atoms with Crippen LogP contribution in [0, 0.1) is 6.92 Å². The first kappa shape index (κ1) is 16.2. The predicted molar refractivity (Wildman–Crippen MR) is 64.1 cm³/mol. The third-order valence-corrected chi connectivity index (χ3v) is 1.23. The van der Waals surface area contributed by atoms with E-state index in [9.17, 15) is 4.79 Å². The van der Waals surface area contributed by atoms with E-state index in [-0.39, 0.29) is 0 Å². The summed E-state index contributed by atoms with van der Waals surface area (Å²) in [7, 11) is 4.98. The van der Waals surface area contributed by atoms with E-state index in [1.54, 1.807) is 21.3 Å². The molecule has 0 fully saturated rings. The first-order chi connectivity index (χ1) is 7.22. The third kappa shape index (κ3) is 19.3. The standard InChI is InChI=1S/C7H8.C3H7NO.C2H6O/c1-7-5-3-2-4-6-7;1-4-2-3-5;1-3-2/h2-6H,1H3;3-4H,2H2,1H3;1-2H3. The average molecular weight is 211 g/mol. The van der Waals surface area contributed by atoms with E-state index in [1.165, 1.54) is 5.56 Å². The molecule has 0 radical (unpaired) electrons. The van der Waals surface area contributed by atoms with Crippen molar-refractivity contribution in [3.63, 3.8) is 0 Å². The molecule has 0 atom stereocenters. The fourth-order valence-electron chi connectivity index (χ4n) is 0.618. The maximum absolute atomic E-state index is 9.34. The van der Waals surface area contributed by atoms with E-state index in [0.29, 0.717) is 6.54 Å². The minimum Gasteiger partial charge on any atom is -0.388 e. The zero-order chi connectivity index (χ0) is 11.9. The quantitative estimate of drug-likeness (QED) is 0.756. The SMILES string of the molecule is CNCC=O.COC.Cc1ccccc1. The Morgan fingerprint density at radius 2 is 1.73 bits per heavy atom. The van der Waals surface area contributed by atoms with E-state index in [1.807, 2.05) is 18.2 Å². The number of aryl methyl sites for hydroxylation is 1. The highest BCUT2D eigenvalue weighted by Crippen LogP contribution is 1.92. The van der Waals surface area contributed by atoms with Crippen LogP contribution in [0.25, 0.3) is 0 Å². The summed E-state index contributed by atoms with van der Waals surface area (Å²) in [6.45, 7) is 2.54. The number of aldehydes is 1. The maximum atomic E-state index is 9.34. The van der Waals surface area contributed by atoms with Gasteiger partial charge in [-0.25, -0.2) is 0 Å². The zero-order valence-corrected chi connectivity index (χ0v) is 9.99. The number of benzene rings is 1. The Morgan fingerprint density at radius 1 is 1.27 bits per heavy atom. The van der Waals surface area contributed by atoms with Gasteiger partial charge < -0.3 is 14.8 Å². The molecular formula is C12H21NO2.